The minimum absolute atomic E-state index is 0.399. The monoisotopic (exact) mass is 256 g/mol. The summed E-state index contributed by atoms with van der Waals surface area (Å²) in [6.45, 7) is 19.6. The average Bonchev–Trinajstić information content (AvgIpc) is 2.36. The quantitative estimate of drug-likeness (QED) is 0.618. The van der Waals surface area contributed by atoms with Crippen molar-refractivity contribution in [1.29, 1.82) is 0 Å². The number of hydrogen-bond donors (Lipinski definition) is 0. The van der Waals surface area contributed by atoms with Gasteiger partial charge in [-0.1, -0.05) is 48.5 Å². The van der Waals surface area contributed by atoms with E-state index in [-0.39, 0.29) is 0 Å². The molecule has 1 aliphatic rings. The molecule has 0 nitrogen and oxygen atoms in total. The molecule has 1 heteroatoms. The maximum Gasteiger partial charge on any atom is 0.0190 e. The largest absolute Gasteiger partial charge is 0.158 e. The summed E-state index contributed by atoms with van der Waals surface area (Å²) in [5.74, 6) is 0.754. The Kier molecular flexibility index (Phi) is 3.79. The van der Waals surface area contributed by atoms with Crippen LogP contribution in [0.15, 0.2) is 0 Å². The molecular formula is C16H32S. The summed E-state index contributed by atoms with van der Waals surface area (Å²) in [6, 6.07) is 0. The smallest absolute Gasteiger partial charge is 0.0190 e. The highest BCUT2D eigenvalue weighted by Gasteiger charge is 2.60. The van der Waals surface area contributed by atoms with E-state index in [1.54, 1.807) is 0 Å². The highest BCUT2D eigenvalue weighted by Crippen LogP contribution is 2.67. The third-order valence-electron chi connectivity index (χ3n) is 6.23. The number of hydrogen-bond acceptors (Lipinski definition) is 1. The van der Waals surface area contributed by atoms with Crippen LogP contribution in [-0.4, -0.2) is 11.0 Å². The minimum atomic E-state index is 0.399. The van der Waals surface area contributed by atoms with E-state index in [0.717, 1.165) is 5.92 Å². The summed E-state index contributed by atoms with van der Waals surface area (Å²) in [6.07, 6.45) is 5.01. The third kappa shape index (κ3) is 2.17. The summed E-state index contributed by atoms with van der Waals surface area (Å²) < 4.78 is 0.420. The standard InChI is InChI=1S/C16H32S/c1-12(2)15(7)10-14(6,13(3,4)5)11-16(15,8)17-9/h12H,10-11H2,1-9H3. The van der Waals surface area contributed by atoms with Gasteiger partial charge < -0.3 is 0 Å². The second kappa shape index (κ2) is 4.18. The Hall–Kier alpha value is 0.350. The van der Waals surface area contributed by atoms with Crippen molar-refractivity contribution in [2.24, 2.45) is 22.2 Å². The Labute approximate surface area is 113 Å². The lowest BCUT2D eigenvalue weighted by atomic mass is 9.64. The topological polar surface area (TPSA) is 0 Å². The first-order chi connectivity index (χ1) is 7.42. The summed E-state index contributed by atoms with van der Waals surface area (Å²) in [5.41, 5.74) is 1.31. The van der Waals surface area contributed by atoms with Gasteiger partial charge in [0.05, 0.1) is 0 Å². The SMILES string of the molecule is CSC1(C)CC(C)(C(C)(C)C)CC1(C)C(C)C. The van der Waals surface area contributed by atoms with Crippen molar-refractivity contribution < 1.29 is 0 Å². The van der Waals surface area contributed by atoms with Gasteiger partial charge in [-0.05, 0) is 48.2 Å². The normalized spacial score (nSPS) is 43.4. The fourth-order valence-corrected chi connectivity index (χ4v) is 4.89. The molecule has 0 spiro atoms. The number of rotatable bonds is 2. The molecule has 1 saturated carbocycles. The highest BCUT2D eigenvalue weighted by molar-refractivity contribution is 8.00. The van der Waals surface area contributed by atoms with E-state index < -0.39 is 0 Å². The molecular weight excluding hydrogens is 224 g/mol. The Morgan fingerprint density at radius 1 is 1.00 bits per heavy atom. The van der Waals surface area contributed by atoms with Crippen molar-refractivity contribution >= 4 is 11.8 Å². The maximum absolute atomic E-state index is 2.52. The van der Waals surface area contributed by atoms with Crippen LogP contribution >= 0.6 is 11.8 Å². The molecule has 102 valence electrons. The van der Waals surface area contributed by atoms with Gasteiger partial charge in [0.25, 0.3) is 0 Å². The van der Waals surface area contributed by atoms with Crippen LogP contribution in [0.25, 0.3) is 0 Å². The van der Waals surface area contributed by atoms with E-state index >= 15 is 0 Å². The summed E-state index contributed by atoms with van der Waals surface area (Å²) in [4.78, 5) is 0. The molecule has 0 aromatic rings. The molecule has 0 aromatic heterocycles. The molecule has 0 aromatic carbocycles. The maximum atomic E-state index is 2.52. The van der Waals surface area contributed by atoms with Crippen LogP contribution in [0.3, 0.4) is 0 Å². The molecule has 1 rings (SSSR count). The van der Waals surface area contributed by atoms with Crippen molar-refractivity contribution in [3.8, 4) is 0 Å². The zero-order valence-electron chi connectivity index (χ0n) is 13.4. The zero-order chi connectivity index (χ0) is 13.7. The van der Waals surface area contributed by atoms with Gasteiger partial charge in [-0.15, -0.1) is 0 Å². The first-order valence-electron chi connectivity index (χ1n) is 6.97. The van der Waals surface area contributed by atoms with E-state index in [1.165, 1.54) is 12.8 Å². The van der Waals surface area contributed by atoms with Crippen molar-refractivity contribution in [2.45, 2.75) is 73.0 Å². The predicted molar refractivity (Wildman–Crippen MR) is 81.7 cm³/mol. The second-order valence-corrected chi connectivity index (χ2v) is 9.48. The third-order valence-corrected chi connectivity index (χ3v) is 7.74. The fourth-order valence-electron chi connectivity index (χ4n) is 3.66. The van der Waals surface area contributed by atoms with Crippen molar-refractivity contribution in [3.05, 3.63) is 0 Å². The lowest BCUT2D eigenvalue weighted by molar-refractivity contribution is 0.0858. The molecule has 0 heterocycles. The first-order valence-corrected chi connectivity index (χ1v) is 8.19. The molecule has 0 aliphatic heterocycles. The molecule has 1 fully saturated rings. The summed E-state index contributed by atoms with van der Waals surface area (Å²) in [7, 11) is 0. The number of thioether (sulfide) groups is 1. The Morgan fingerprint density at radius 3 is 1.71 bits per heavy atom. The van der Waals surface area contributed by atoms with Crippen LogP contribution in [0.2, 0.25) is 0 Å². The van der Waals surface area contributed by atoms with Crippen LogP contribution in [0.1, 0.15) is 68.2 Å². The lowest BCUT2D eigenvalue weighted by Crippen LogP contribution is -2.39. The molecule has 0 bridgehead atoms. The Balaban J connectivity index is 3.20. The zero-order valence-corrected chi connectivity index (χ0v) is 14.2. The van der Waals surface area contributed by atoms with Gasteiger partial charge in [0.15, 0.2) is 0 Å². The van der Waals surface area contributed by atoms with Gasteiger partial charge >= 0.3 is 0 Å². The van der Waals surface area contributed by atoms with E-state index in [1.807, 2.05) is 0 Å². The fraction of sp³-hybridized carbons (Fsp3) is 1.00. The molecule has 3 atom stereocenters. The molecule has 0 radical (unpaired) electrons. The van der Waals surface area contributed by atoms with Crippen LogP contribution in [-0.2, 0) is 0 Å². The summed E-state index contributed by atoms with van der Waals surface area (Å²) >= 11 is 2.09. The lowest BCUT2D eigenvalue weighted by Gasteiger charge is -2.43. The molecule has 17 heavy (non-hydrogen) atoms. The van der Waals surface area contributed by atoms with E-state index in [4.69, 9.17) is 0 Å². The van der Waals surface area contributed by atoms with E-state index in [2.05, 4.69) is 73.4 Å². The molecule has 0 amide bonds. The van der Waals surface area contributed by atoms with Gasteiger partial charge in [-0.25, -0.2) is 0 Å². The summed E-state index contributed by atoms with van der Waals surface area (Å²) in [5, 5.41) is 0. The van der Waals surface area contributed by atoms with Crippen LogP contribution < -0.4 is 0 Å². The molecule has 0 saturated heterocycles. The van der Waals surface area contributed by atoms with Crippen molar-refractivity contribution in [2.75, 3.05) is 6.26 Å². The minimum Gasteiger partial charge on any atom is -0.158 e. The van der Waals surface area contributed by atoms with Crippen LogP contribution in [0.5, 0.6) is 0 Å². The first kappa shape index (κ1) is 15.4. The van der Waals surface area contributed by atoms with E-state index in [0.29, 0.717) is 21.0 Å². The van der Waals surface area contributed by atoms with Crippen LogP contribution in [0.4, 0.5) is 0 Å². The van der Waals surface area contributed by atoms with Gasteiger partial charge in [-0.3, -0.25) is 0 Å². The highest BCUT2D eigenvalue weighted by atomic mass is 32.2. The van der Waals surface area contributed by atoms with Gasteiger partial charge in [-0.2, -0.15) is 11.8 Å². The molecule has 0 N–H and O–H groups in total. The Bertz CT molecular complexity index is 286. The average molecular weight is 256 g/mol. The van der Waals surface area contributed by atoms with E-state index in [9.17, 15) is 0 Å². The van der Waals surface area contributed by atoms with Gasteiger partial charge in [0.1, 0.15) is 0 Å². The van der Waals surface area contributed by atoms with Gasteiger partial charge in [0.2, 0.25) is 0 Å². The predicted octanol–water partition coefficient (Wildman–Crippen LogP) is 5.62. The van der Waals surface area contributed by atoms with Crippen molar-refractivity contribution in [1.82, 2.24) is 0 Å². The van der Waals surface area contributed by atoms with Crippen LogP contribution in [0, 0.1) is 22.2 Å². The second-order valence-electron chi connectivity index (χ2n) is 8.17. The van der Waals surface area contributed by atoms with Gasteiger partial charge in [0, 0.05) is 4.75 Å². The Morgan fingerprint density at radius 2 is 1.47 bits per heavy atom. The van der Waals surface area contributed by atoms with Crippen molar-refractivity contribution in [3.63, 3.8) is 0 Å². The molecule has 1 aliphatic carbocycles. The molecule has 3 unspecified atom stereocenters.